The molecule has 0 spiro atoms. The Morgan fingerprint density at radius 2 is 1.78 bits per heavy atom. The van der Waals surface area contributed by atoms with Crippen LogP contribution >= 0.6 is 0 Å². The van der Waals surface area contributed by atoms with Crippen molar-refractivity contribution in [1.29, 1.82) is 0 Å². The maximum absolute atomic E-state index is 15.1. The third kappa shape index (κ3) is 7.86. The van der Waals surface area contributed by atoms with E-state index in [-0.39, 0.29) is 24.1 Å². The van der Waals surface area contributed by atoms with E-state index in [2.05, 4.69) is 39.0 Å². The van der Waals surface area contributed by atoms with Crippen LogP contribution in [0, 0.1) is 0 Å². The molecule has 1 heterocycles. The summed E-state index contributed by atoms with van der Waals surface area (Å²) in [5.41, 5.74) is 4.57. The molecular formula is C33H33F4N5O3. The van der Waals surface area contributed by atoms with E-state index in [9.17, 15) is 18.0 Å². The van der Waals surface area contributed by atoms with Gasteiger partial charge in [-0.1, -0.05) is 44.2 Å². The molecule has 1 aliphatic carbocycles. The van der Waals surface area contributed by atoms with Crippen LogP contribution in [0.5, 0.6) is 11.5 Å². The van der Waals surface area contributed by atoms with Crippen molar-refractivity contribution in [2.75, 3.05) is 13.7 Å². The Morgan fingerprint density at radius 1 is 1.07 bits per heavy atom. The second-order valence-electron chi connectivity index (χ2n) is 11.0. The number of rotatable bonds is 9. The van der Waals surface area contributed by atoms with Crippen molar-refractivity contribution in [3.8, 4) is 28.6 Å². The molecule has 2 unspecified atom stereocenters. The van der Waals surface area contributed by atoms with Crippen molar-refractivity contribution in [2.24, 2.45) is 4.99 Å². The molecule has 236 valence electrons. The van der Waals surface area contributed by atoms with E-state index in [4.69, 9.17) is 4.74 Å². The van der Waals surface area contributed by atoms with Crippen molar-refractivity contribution in [3.05, 3.63) is 89.7 Å². The van der Waals surface area contributed by atoms with Crippen LogP contribution in [0.4, 0.5) is 22.4 Å². The van der Waals surface area contributed by atoms with Gasteiger partial charge in [0.2, 0.25) is 0 Å². The van der Waals surface area contributed by atoms with Crippen LogP contribution in [0.2, 0.25) is 0 Å². The first-order valence-electron chi connectivity index (χ1n) is 14.6. The summed E-state index contributed by atoms with van der Waals surface area (Å²) in [6.45, 7) is 4.01. The topological polar surface area (TPSA) is 90.6 Å². The molecule has 45 heavy (non-hydrogen) atoms. The lowest BCUT2D eigenvalue weighted by atomic mass is 9.87. The Morgan fingerprint density at radius 3 is 2.44 bits per heavy atom. The molecule has 12 heteroatoms. The summed E-state index contributed by atoms with van der Waals surface area (Å²) in [5, 5.41) is 6.96. The third-order valence-electron chi connectivity index (χ3n) is 7.65. The molecule has 0 bridgehead atoms. The van der Waals surface area contributed by atoms with Crippen LogP contribution in [-0.4, -0.2) is 46.5 Å². The number of halogens is 4. The number of aliphatic imine (C=N–C) groups is 1. The molecule has 1 N–H and O–H groups in total. The molecule has 2 atom stereocenters. The number of carbonyl (C=O) groups excluding carboxylic acids is 1. The third-order valence-corrected chi connectivity index (χ3v) is 7.65. The summed E-state index contributed by atoms with van der Waals surface area (Å²) in [6, 6.07) is 17.2. The molecule has 4 aromatic rings. The Kier molecular flexibility index (Phi) is 9.50. The van der Waals surface area contributed by atoms with Crippen LogP contribution in [0.15, 0.2) is 78.0 Å². The highest BCUT2D eigenvalue weighted by atomic mass is 19.4. The molecule has 0 saturated heterocycles. The van der Waals surface area contributed by atoms with E-state index < -0.39 is 18.6 Å². The van der Waals surface area contributed by atoms with Gasteiger partial charge in [0.15, 0.2) is 5.82 Å². The lowest BCUT2D eigenvalue weighted by molar-refractivity contribution is -0.274. The van der Waals surface area contributed by atoms with Crippen LogP contribution in [0.1, 0.15) is 67.8 Å². The predicted molar refractivity (Wildman–Crippen MR) is 162 cm³/mol. The fraction of sp³-hybridized carbons (Fsp3) is 0.333. The highest BCUT2D eigenvalue weighted by Gasteiger charge is 2.31. The fourth-order valence-corrected chi connectivity index (χ4v) is 5.42. The second-order valence-corrected chi connectivity index (χ2v) is 11.0. The first kappa shape index (κ1) is 31.7. The number of amides is 2. The van der Waals surface area contributed by atoms with Gasteiger partial charge in [0, 0.05) is 17.2 Å². The number of nitrogens with one attached hydrogen (secondary N) is 1. The maximum Gasteiger partial charge on any atom is 0.573 e. The number of ether oxygens (including phenoxy) is 2. The molecule has 8 nitrogen and oxygen atoms in total. The molecule has 0 radical (unpaired) electrons. The van der Waals surface area contributed by atoms with E-state index in [1.807, 2.05) is 18.2 Å². The molecule has 2 amide bonds. The Hall–Kier alpha value is -4.74. The lowest BCUT2D eigenvalue weighted by Crippen LogP contribution is -2.25. The van der Waals surface area contributed by atoms with Gasteiger partial charge in [-0.2, -0.15) is 0 Å². The van der Waals surface area contributed by atoms with Crippen molar-refractivity contribution in [3.63, 3.8) is 0 Å². The van der Waals surface area contributed by atoms with Crippen molar-refractivity contribution in [2.45, 2.75) is 57.5 Å². The molecular weight excluding hydrogens is 590 g/mol. The van der Waals surface area contributed by atoms with Gasteiger partial charge in [0.1, 0.15) is 24.0 Å². The van der Waals surface area contributed by atoms with Crippen LogP contribution in [-0.2, 0) is 0 Å². The molecule has 1 saturated carbocycles. The van der Waals surface area contributed by atoms with Gasteiger partial charge in [-0.25, -0.2) is 23.8 Å². The van der Waals surface area contributed by atoms with E-state index in [0.29, 0.717) is 29.1 Å². The van der Waals surface area contributed by atoms with Crippen LogP contribution in [0.25, 0.3) is 17.1 Å². The van der Waals surface area contributed by atoms with Crippen LogP contribution < -0.4 is 14.8 Å². The quantitative estimate of drug-likeness (QED) is 0.190. The summed E-state index contributed by atoms with van der Waals surface area (Å²) in [4.78, 5) is 21.3. The van der Waals surface area contributed by atoms with Gasteiger partial charge in [-0.05, 0) is 78.3 Å². The number of hydrogen-bond donors (Lipinski definition) is 1. The van der Waals surface area contributed by atoms with E-state index in [1.165, 1.54) is 35.3 Å². The van der Waals surface area contributed by atoms with Crippen molar-refractivity contribution < 1.29 is 31.8 Å². The number of benzene rings is 3. The van der Waals surface area contributed by atoms with Gasteiger partial charge < -0.3 is 14.8 Å². The van der Waals surface area contributed by atoms with Gasteiger partial charge in [0.05, 0.1) is 19.3 Å². The number of carbonyl (C=O) groups is 1. The number of urea groups is 1. The highest BCUT2D eigenvalue weighted by molar-refractivity contribution is 6.00. The fourth-order valence-electron chi connectivity index (χ4n) is 5.42. The Labute approximate surface area is 258 Å². The summed E-state index contributed by atoms with van der Waals surface area (Å²) in [5.74, 6) is 1.10. The average Bonchev–Trinajstić information content (AvgIpc) is 3.69. The number of methoxy groups -OCH3 is 1. The summed E-state index contributed by atoms with van der Waals surface area (Å²) in [7, 11) is 1.64. The van der Waals surface area contributed by atoms with E-state index in [0.717, 1.165) is 35.4 Å². The van der Waals surface area contributed by atoms with Gasteiger partial charge in [-0.3, -0.25) is 0 Å². The lowest BCUT2D eigenvalue weighted by Gasteiger charge is -2.20. The number of alkyl halides is 4. The van der Waals surface area contributed by atoms with E-state index >= 15 is 4.39 Å². The average molecular weight is 624 g/mol. The van der Waals surface area contributed by atoms with Gasteiger partial charge in [0.25, 0.3) is 0 Å². The van der Waals surface area contributed by atoms with Crippen LogP contribution in [0.3, 0.4) is 0 Å². The maximum atomic E-state index is 15.1. The zero-order chi connectivity index (χ0) is 32.1. The zero-order valence-electron chi connectivity index (χ0n) is 25.0. The van der Waals surface area contributed by atoms with Gasteiger partial charge in [-0.15, -0.1) is 18.3 Å². The normalized spacial score (nSPS) is 16.6. The van der Waals surface area contributed by atoms with E-state index in [1.54, 1.807) is 31.4 Å². The second kappa shape index (κ2) is 13.5. The minimum absolute atomic E-state index is 0.0348. The number of aromatic nitrogens is 3. The first-order chi connectivity index (χ1) is 21.5. The zero-order valence-corrected chi connectivity index (χ0v) is 25.0. The molecule has 0 aliphatic heterocycles. The summed E-state index contributed by atoms with van der Waals surface area (Å²) < 4.78 is 63.0. The predicted octanol–water partition coefficient (Wildman–Crippen LogP) is 8.09. The largest absolute Gasteiger partial charge is 0.573 e. The highest BCUT2D eigenvalue weighted by Crippen LogP contribution is 2.38. The Bertz CT molecular complexity index is 1650. The smallest absolute Gasteiger partial charge is 0.497 e. The first-order valence-corrected chi connectivity index (χ1v) is 14.6. The number of nitrogens with zero attached hydrogens (tertiary/aromatic N) is 4. The minimum atomic E-state index is -4.78. The SMILES string of the molecule is COc1ccc(C2CCCC2=NC(=O)NCC(F)c2ccc(-c3ncn(-c4ccc(OC(F)(F)F)cc4)n3)cc2)c(C(C)C)c1. The standard InChI is InChI=1S/C33H33F4N5O3/c1-20(2)28-17-25(44-3)15-16-26(28)27-5-4-6-30(27)40-32(43)38-18-29(34)21-7-9-22(10-8-21)31-39-19-42(41-31)23-11-13-24(14-12-23)45-33(35,36)37/h7-17,19-20,27,29H,4-6,18H2,1-3H3,(H,38,43). The molecule has 5 rings (SSSR count). The van der Waals surface area contributed by atoms with Gasteiger partial charge >= 0.3 is 12.4 Å². The molecule has 1 aromatic heterocycles. The Balaban J connectivity index is 1.19. The van der Waals surface area contributed by atoms with Crippen molar-refractivity contribution in [1.82, 2.24) is 20.1 Å². The minimum Gasteiger partial charge on any atom is -0.497 e. The molecule has 1 aliphatic rings. The molecule has 3 aromatic carbocycles. The monoisotopic (exact) mass is 623 g/mol. The summed E-state index contributed by atoms with van der Waals surface area (Å²) >= 11 is 0. The van der Waals surface area contributed by atoms with Crippen molar-refractivity contribution >= 4 is 11.7 Å². The number of hydrogen-bond acceptors (Lipinski definition) is 5. The molecule has 1 fully saturated rings. The summed E-state index contributed by atoms with van der Waals surface area (Å²) in [6.07, 6.45) is -2.28.